The van der Waals surface area contributed by atoms with Gasteiger partial charge in [-0.2, -0.15) is 0 Å². The van der Waals surface area contributed by atoms with E-state index < -0.39 is 0 Å². The Balaban J connectivity index is 1.62. The van der Waals surface area contributed by atoms with Gasteiger partial charge in [0.2, 0.25) is 11.8 Å². The molecule has 0 aromatic rings. The van der Waals surface area contributed by atoms with Crippen molar-refractivity contribution in [2.24, 2.45) is 17.8 Å². The lowest BCUT2D eigenvalue weighted by molar-refractivity contribution is -0.148. The second kappa shape index (κ2) is 3.30. The maximum Gasteiger partial charge on any atom is 0.229 e. The van der Waals surface area contributed by atoms with Crippen molar-refractivity contribution < 1.29 is 9.59 Å². The van der Waals surface area contributed by atoms with Crippen LogP contribution in [0.2, 0.25) is 0 Å². The van der Waals surface area contributed by atoms with E-state index in [1.807, 2.05) is 0 Å². The van der Waals surface area contributed by atoms with Crippen LogP contribution in [0.15, 0.2) is 0 Å². The predicted molar refractivity (Wildman–Crippen MR) is 53.9 cm³/mol. The third kappa shape index (κ3) is 1.47. The summed E-state index contributed by atoms with van der Waals surface area (Å²) in [5, 5.41) is 3.32. The zero-order valence-corrected chi connectivity index (χ0v) is 8.74. The smallest absolute Gasteiger partial charge is 0.229 e. The third-order valence-electron chi connectivity index (χ3n) is 4.05. The summed E-state index contributed by atoms with van der Waals surface area (Å²) in [7, 11) is 0. The second-order valence-corrected chi connectivity index (χ2v) is 4.90. The molecule has 15 heavy (non-hydrogen) atoms. The Kier molecular flexibility index (Phi) is 2.06. The average molecular weight is 208 g/mol. The van der Waals surface area contributed by atoms with Crippen molar-refractivity contribution in [3.05, 3.63) is 0 Å². The summed E-state index contributed by atoms with van der Waals surface area (Å²) in [5.41, 5.74) is 0. The van der Waals surface area contributed by atoms with Crippen LogP contribution in [0.1, 0.15) is 19.3 Å². The average Bonchev–Trinajstić information content (AvgIpc) is 2.67. The maximum absolute atomic E-state index is 11.6. The van der Waals surface area contributed by atoms with Gasteiger partial charge < -0.3 is 5.32 Å². The summed E-state index contributed by atoms with van der Waals surface area (Å²) in [4.78, 5) is 24.7. The number of hydrogen-bond acceptors (Lipinski definition) is 3. The first-order valence-corrected chi connectivity index (χ1v) is 5.81. The van der Waals surface area contributed by atoms with Gasteiger partial charge in [0.15, 0.2) is 0 Å². The number of amides is 2. The summed E-state index contributed by atoms with van der Waals surface area (Å²) < 4.78 is 0. The number of rotatable bonds is 2. The summed E-state index contributed by atoms with van der Waals surface area (Å²) in [6.45, 7) is 2.84. The minimum atomic E-state index is 0.0455. The van der Waals surface area contributed by atoms with Gasteiger partial charge in [0, 0.05) is 19.4 Å². The summed E-state index contributed by atoms with van der Waals surface area (Å²) in [5.74, 6) is 2.14. The van der Waals surface area contributed by atoms with Crippen LogP contribution < -0.4 is 5.32 Å². The fourth-order valence-electron chi connectivity index (χ4n) is 3.03. The highest BCUT2D eigenvalue weighted by molar-refractivity contribution is 5.97. The Hall–Kier alpha value is -0.900. The van der Waals surface area contributed by atoms with Crippen molar-refractivity contribution in [2.45, 2.75) is 19.3 Å². The number of carbonyl (C=O) groups is 2. The normalized spacial score (nSPS) is 39.5. The van der Waals surface area contributed by atoms with Gasteiger partial charge in [-0.25, -0.2) is 0 Å². The van der Waals surface area contributed by atoms with E-state index in [0.717, 1.165) is 31.3 Å². The van der Waals surface area contributed by atoms with Crippen molar-refractivity contribution in [2.75, 3.05) is 19.6 Å². The van der Waals surface area contributed by atoms with Crippen molar-refractivity contribution in [1.82, 2.24) is 10.2 Å². The van der Waals surface area contributed by atoms with E-state index in [-0.39, 0.29) is 11.8 Å². The third-order valence-corrected chi connectivity index (χ3v) is 4.05. The summed E-state index contributed by atoms with van der Waals surface area (Å²) >= 11 is 0. The van der Waals surface area contributed by atoms with Crippen molar-refractivity contribution in [1.29, 1.82) is 0 Å². The first kappa shape index (κ1) is 9.33. The molecule has 2 saturated heterocycles. The lowest BCUT2D eigenvalue weighted by Crippen LogP contribution is -2.42. The molecule has 2 unspecified atom stereocenters. The first-order chi connectivity index (χ1) is 7.27. The maximum atomic E-state index is 11.6. The van der Waals surface area contributed by atoms with E-state index in [0.29, 0.717) is 25.3 Å². The summed E-state index contributed by atoms with van der Waals surface area (Å²) in [6, 6.07) is 0. The topological polar surface area (TPSA) is 49.4 Å². The lowest BCUT2D eigenvalue weighted by Gasteiger charge is -2.25. The van der Waals surface area contributed by atoms with Crippen LogP contribution in [-0.4, -0.2) is 36.3 Å². The Bertz CT molecular complexity index is 290. The lowest BCUT2D eigenvalue weighted by atomic mass is 10.1. The summed E-state index contributed by atoms with van der Waals surface area (Å²) in [6.07, 6.45) is 1.87. The van der Waals surface area contributed by atoms with Crippen molar-refractivity contribution in [3.8, 4) is 0 Å². The molecule has 3 aliphatic rings. The number of nitrogens with zero attached hydrogens (tertiary/aromatic N) is 1. The fourth-order valence-corrected chi connectivity index (χ4v) is 3.03. The molecule has 2 aliphatic heterocycles. The Morgan fingerprint density at radius 3 is 2.33 bits per heavy atom. The van der Waals surface area contributed by atoms with Crippen LogP contribution in [-0.2, 0) is 9.59 Å². The quantitative estimate of drug-likeness (QED) is 0.649. The van der Waals surface area contributed by atoms with Crippen molar-refractivity contribution >= 4 is 11.8 Å². The molecule has 4 nitrogen and oxygen atoms in total. The number of nitrogens with one attached hydrogen (secondary N) is 1. The molecule has 0 aromatic heterocycles. The van der Waals surface area contributed by atoms with Crippen LogP contribution >= 0.6 is 0 Å². The van der Waals surface area contributed by atoms with E-state index in [1.54, 1.807) is 0 Å². The van der Waals surface area contributed by atoms with Gasteiger partial charge in [0.05, 0.1) is 0 Å². The second-order valence-electron chi connectivity index (χ2n) is 4.90. The van der Waals surface area contributed by atoms with Crippen LogP contribution in [0.4, 0.5) is 0 Å². The van der Waals surface area contributed by atoms with Gasteiger partial charge in [0.25, 0.3) is 0 Å². The van der Waals surface area contributed by atoms with Crippen LogP contribution in [0.3, 0.4) is 0 Å². The van der Waals surface area contributed by atoms with Crippen LogP contribution in [0.25, 0.3) is 0 Å². The van der Waals surface area contributed by atoms with E-state index in [9.17, 15) is 9.59 Å². The largest absolute Gasteiger partial charge is 0.316 e. The number of fused-ring (bicyclic) bond motifs is 1. The number of carbonyl (C=O) groups excluding carboxylic acids is 2. The molecule has 1 saturated carbocycles. The van der Waals surface area contributed by atoms with E-state index in [4.69, 9.17) is 0 Å². The van der Waals surface area contributed by atoms with Gasteiger partial charge >= 0.3 is 0 Å². The zero-order chi connectivity index (χ0) is 10.4. The molecule has 1 N–H and O–H groups in total. The zero-order valence-electron chi connectivity index (χ0n) is 8.74. The SMILES string of the molecule is O=C1CCCC(=O)N1CC1C2CNCC21. The van der Waals surface area contributed by atoms with Gasteiger partial charge in [-0.15, -0.1) is 0 Å². The van der Waals surface area contributed by atoms with E-state index in [2.05, 4.69) is 5.32 Å². The molecule has 0 spiro atoms. The standard InChI is InChI=1S/C11H16N2O2/c14-10-2-1-3-11(15)13(10)6-9-7-4-12-5-8(7)9/h7-9,12H,1-6H2. The minimum Gasteiger partial charge on any atom is -0.316 e. The number of hydrogen-bond donors (Lipinski definition) is 1. The molecular weight excluding hydrogens is 192 g/mol. The van der Waals surface area contributed by atoms with Crippen LogP contribution in [0, 0.1) is 17.8 Å². The van der Waals surface area contributed by atoms with E-state index in [1.165, 1.54) is 4.90 Å². The predicted octanol–water partition coefficient (Wildman–Crippen LogP) is -0.00910. The molecule has 1 aliphatic carbocycles. The molecule has 0 radical (unpaired) electrons. The Morgan fingerprint density at radius 2 is 1.73 bits per heavy atom. The highest BCUT2D eigenvalue weighted by Crippen LogP contribution is 2.49. The molecular formula is C11H16N2O2. The number of piperidine rings is 2. The van der Waals surface area contributed by atoms with Crippen molar-refractivity contribution in [3.63, 3.8) is 0 Å². The Morgan fingerprint density at radius 1 is 1.13 bits per heavy atom. The number of likely N-dealkylation sites (tertiary alicyclic amines) is 1. The Labute approximate surface area is 89.0 Å². The highest BCUT2D eigenvalue weighted by atomic mass is 16.2. The molecule has 82 valence electrons. The van der Waals surface area contributed by atoms with Gasteiger partial charge in [-0.3, -0.25) is 14.5 Å². The van der Waals surface area contributed by atoms with Gasteiger partial charge in [0.1, 0.15) is 0 Å². The molecule has 2 amide bonds. The highest BCUT2D eigenvalue weighted by Gasteiger charge is 2.53. The molecule has 0 aromatic carbocycles. The molecule has 2 heterocycles. The molecule has 0 bridgehead atoms. The molecule has 2 atom stereocenters. The molecule has 3 fully saturated rings. The monoisotopic (exact) mass is 208 g/mol. The molecule has 3 rings (SSSR count). The minimum absolute atomic E-state index is 0.0455. The van der Waals surface area contributed by atoms with Gasteiger partial charge in [-0.05, 0) is 37.3 Å². The first-order valence-electron chi connectivity index (χ1n) is 5.81. The van der Waals surface area contributed by atoms with E-state index >= 15 is 0 Å². The fraction of sp³-hybridized carbons (Fsp3) is 0.818. The molecule has 4 heteroatoms. The number of imide groups is 1. The van der Waals surface area contributed by atoms with Crippen LogP contribution in [0.5, 0.6) is 0 Å². The van der Waals surface area contributed by atoms with Gasteiger partial charge in [-0.1, -0.05) is 0 Å².